The molecule has 0 amide bonds. The van der Waals surface area contributed by atoms with Gasteiger partial charge in [-0.15, -0.1) is 0 Å². The van der Waals surface area contributed by atoms with E-state index in [1.165, 1.54) is 12.3 Å². The van der Waals surface area contributed by atoms with E-state index in [-0.39, 0.29) is 11.9 Å². The van der Waals surface area contributed by atoms with Crippen molar-refractivity contribution in [3.05, 3.63) is 55.4 Å². The molecule has 2 aromatic rings. The molecule has 0 fully saturated rings. The lowest BCUT2D eigenvalue weighted by atomic mass is 10.1. The van der Waals surface area contributed by atoms with Crippen LogP contribution in [0.25, 0.3) is 0 Å². The van der Waals surface area contributed by atoms with E-state index >= 15 is 0 Å². The Bertz CT molecular complexity index is 579. The Labute approximate surface area is 142 Å². The van der Waals surface area contributed by atoms with Gasteiger partial charge < -0.3 is 5.32 Å². The summed E-state index contributed by atoms with van der Waals surface area (Å²) in [6, 6.07) is 7.09. The molecule has 1 atom stereocenters. The van der Waals surface area contributed by atoms with Crippen molar-refractivity contribution in [2.24, 2.45) is 0 Å². The molecule has 0 aliphatic heterocycles. The summed E-state index contributed by atoms with van der Waals surface area (Å²) in [4.78, 5) is 4.15. The molecule has 2 rings (SSSR count). The highest BCUT2D eigenvalue weighted by molar-refractivity contribution is 9.11. The molecule has 1 heterocycles. The first-order chi connectivity index (χ1) is 9.51. The minimum atomic E-state index is -0.324. The van der Waals surface area contributed by atoms with Crippen LogP contribution in [-0.2, 0) is 0 Å². The van der Waals surface area contributed by atoms with Crippen molar-refractivity contribution in [1.82, 2.24) is 4.98 Å². The molecular weight excluding hydrogens is 455 g/mol. The maximum Gasteiger partial charge on any atom is 0.141 e. The Hall–Kier alpha value is -0.460. The predicted octanol–water partition coefficient (Wildman–Crippen LogP) is 6.07. The second-order valence-electron chi connectivity index (χ2n) is 4.25. The lowest BCUT2D eigenvalue weighted by Crippen LogP contribution is -2.12. The fraction of sp³-hybridized carbons (Fsp3) is 0.214. The van der Waals surface area contributed by atoms with Gasteiger partial charge in [-0.2, -0.15) is 0 Å². The van der Waals surface area contributed by atoms with Gasteiger partial charge in [0.15, 0.2) is 0 Å². The molecule has 6 heteroatoms. The van der Waals surface area contributed by atoms with E-state index in [0.717, 1.165) is 31.2 Å². The van der Waals surface area contributed by atoms with Crippen molar-refractivity contribution in [1.29, 1.82) is 0 Å². The highest BCUT2D eigenvalue weighted by atomic mass is 79.9. The number of nitrogens with one attached hydrogen (secondary N) is 1. The van der Waals surface area contributed by atoms with Gasteiger partial charge in [0.25, 0.3) is 0 Å². The molecule has 0 aliphatic carbocycles. The van der Waals surface area contributed by atoms with Crippen molar-refractivity contribution in [3.8, 4) is 0 Å². The molecular formula is C14H12Br3FN2. The van der Waals surface area contributed by atoms with Crippen LogP contribution in [-0.4, -0.2) is 4.98 Å². The third-order valence-electron chi connectivity index (χ3n) is 2.84. The Morgan fingerprint density at radius 3 is 2.35 bits per heavy atom. The third kappa shape index (κ3) is 3.80. The molecule has 1 N–H and O–H groups in total. The molecule has 2 nitrogen and oxygen atoms in total. The number of halogens is 4. The van der Waals surface area contributed by atoms with E-state index in [2.05, 4.69) is 65.0 Å². The first-order valence-corrected chi connectivity index (χ1v) is 8.41. The number of pyridine rings is 1. The normalized spacial score (nSPS) is 12.2. The van der Waals surface area contributed by atoms with Gasteiger partial charge in [-0.05, 0) is 62.5 Å². The fourth-order valence-electron chi connectivity index (χ4n) is 1.83. The van der Waals surface area contributed by atoms with Crippen LogP contribution in [0.2, 0.25) is 0 Å². The van der Waals surface area contributed by atoms with E-state index in [4.69, 9.17) is 0 Å². The molecule has 1 unspecified atom stereocenters. The minimum absolute atomic E-state index is 0.0179. The summed E-state index contributed by atoms with van der Waals surface area (Å²) in [7, 11) is 0. The average Bonchev–Trinajstić information content (AvgIpc) is 2.39. The zero-order valence-corrected chi connectivity index (χ0v) is 15.4. The average molecular weight is 467 g/mol. The Balaban J connectivity index is 2.29. The molecule has 0 spiro atoms. The van der Waals surface area contributed by atoms with Gasteiger partial charge in [-0.3, -0.25) is 4.98 Å². The molecule has 0 saturated carbocycles. The highest BCUT2D eigenvalue weighted by Gasteiger charge is 2.15. The summed E-state index contributed by atoms with van der Waals surface area (Å²) in [5.41, 5.74) is 1.77. The van der Waals surface area contributed by atoms with Crippen molar-refractivity contribution >= 4 is 53.5 Å². The SMILES string of the molecule is CCC(Nc1c(Br)cc(Br)cc1Br)c1ccc(F)cn1. The third-order valence-corrected chi connectivity index (χ3v) is 4.55. The van der Waals surface area contributed by atoms with Crippen molar-refractivity contribution < 1.29 is 4.39 Å². The van der Waals surface area contributed by atoms with E-state index < -0.39 is 0 Å². The maximum atomic E-state index is 13.0. The van der Waals surface area contributed by atoms with Crippen molar-refractivity contribution in [2.75, 3.05) is 5.32 Å². The molecule has 0 saturated heterocycles. The van der Waals surface area contributed by atoms with E-state index in [0.29, 0.717) is 0 Å². The summed E-state index contributed by atoms with van der Waals surface area (Å²) in [5.74, 6) is -0.324. The quantitative estimate of drug-likeness (QED) is 0.591. The summed E-state index contributed by atoms with van der Waals surface area (Å²) < 4.78 is 15.8. The zero-order valence-electron chi connectivity index (χ0n) is 10.6. The molecule has 0 aliphatic rings. The second-order valence-corrected chi connectivity index (χ2v) is 6.88. The van der Waals surface area contributed by atoms with Crippen LogP contribution in [0, 0.1) is 5.82 Å². The molecule has 1 aromatic heterocycles. The van der Waals surface area contributed by atoms with E-state index in [1.807, 2.05) is 12.1 Å². The number of nitrogens with zero attached hydrogens (tertiary/aromatic N) is 1. The van der Waals surface area contributed by atoms with E-state index in [9.17, 15) is 4.39 Å². The smallest absolute Gasteiger partial charge is 0.141 e. The van der Waals surface area contributed by atoms with Gasteiger partial charge in [-0.1, -0.05) is 22.9 Å². The topological polar surface area (TPSA) is 24.9 Å². The fourth-order valence-corrected chi connectivity index (χ4v) is 4.32. The number of benzene rings is 1. The summed E-state index contributed by atoms with van der Waals surface area (Å²) in [6.45, 7) is 2.06. The van der Waals surface area contributed by atoms with Crippen LogP contribution < -0.4 is 5.32 Å². The number of rotatable bonds is 4. The first-order valence-electron chi connectivity index (χ1n) is 6.03. The van der Waals surface area contributed by atoms with Crippen LogP contribution >= 0.6 is 47.8 Å². The lowest BCUT2D eigenvalue weighted by Gasteiger charge is -2.20. The van der Waals surface area contributed by atoms with Gasteiger partial charge in [0.1, 0.15) is 5.82 Å². The Morgan fingerprint density at radius 1 is 1.20 bits per heavy atom. The lowest BCUT2D eigenvalue weighted by molar-refractivity contribution is 0.614. The minimum Gasteiger partial charge on any atom is -0.375 e. The zero-order chi connectivity index (χ0) is 14.7. The van der Waals surface area contributed by atoms with Gasteiger partial charge in [0.05, 0.1) is 23.6 Å². The van der Waals surface area contributed by atoms with Crippen molar-refractivity contribution in [2.45, 2.75) is 19.4 Å². The number of aromatic nitrogens is 1. The monoisotopic (exact) mass is 464 g/mol. The predicted molar refractivity (Wildman–Crippen MR) is 90.4 cm³/mol. The Morgan fingerprint density at radius 2 is 1.85 bits per heavy atom. The van der Waals surface area contributed by atoms with Crippen LogP contribution in [0.3, 0.4) is 0 Å². The van der Waals surface area contributed by atoms with Gasteiger partial charge in [0.2, 0.25) is 0 Å². The van der Waals surface area contributed by atoms with Crippen LogP contribution in [0.1, 0.15) is 25.1 Å². The number of hydrogen-bond donors (Lipinski definition) is 1. The highest BCUT2D eigenvalue weighted by Crippen LogP contribution is 2.36. The standard InChI is InChI=1S/C14H12Br3FN2/c1-2-12(13-4-3-9(18)7-19-13)20-14-10(16)5-8(15)6-11(14)17/h3-7,12,20H,2H2,1H3. The Kier molecular flexibility index (Phi) is 5.57. The van der Waals surface area contributed by atoms with Crippen LogP contribution in [0.5, 0.6) is 0 Å². The second kappa shape index (κ2) is 7.00. The molecule has 0 radical (unpaired) electrons. The van der Waals surface area contributed by atoms with Crippen LogP contribution in [0.15, 0.2) is 43.9 Å². The first kappa shape index (κ1) is 15.9. The molecule has 0 bridgehead atoms. The van der Waals surface area contributed by atoms with Gasteiger partial charge >= 0.3 is 0 Å². The summed E-state index contributed by atoms with van der Waals surface area (Å²) in [6.07, 6.45) is 2.08. The number of anilines is 1. The molecule has 106 valence electrons. The van der Waals surface area contributed by atoms with E-state index in [1.54, 1.807) is 6.07 Å². The summed E-state index contributed by atoms with van der Waals surface area (Å²) in [5, 5.41) is 3.43. The number of hydrogen-bond acceptors (Lipinski definition) is 2. The summed E-state index contributed by atoms with van der Waals surface area (Å²) >= 11 is 10.5. The molecule has 1 aromatic carbocycles. The van der Waals surface area contributed by atoms with Gasteiger partial charge in [0, 0.05) is 13.4 Å². The largest absolute Gasteiger partial charge is 0.375 e. The van der Waals surface area contributed by atoms with Crippen molar-refractivity contribution in [3.63, 3.8) is 0 Å². The molecule has 20 heavy (non-hydrogen) atoms. The maximum absolute atomic E-state index is 13.0. The van der Waals surface area contributed by atoms with Gasteiger partial charge in [-0.25, -0.2) is 4.39 Å². The van der Waals surface area contributed by atoms with Crippen LogP contribution in [0.4, 0.5) is 10.1 Å².